The fraction of sp³-hybridized carbons (Fsp3) is 0. The fourth-order valence-electron chi connectivity index (χ4n) is 1.61. The van der Waals surface area contributed by atoms with Gasteiger partial charge in [-0.2, -0.15) is 16.8 Å². The van der Waals surface area contributed by atoms with Crippen molar-refractivity contribution in [1.29, 1.82) is 0 Å². The quantitative estimate of drug-likeness (QED) is 0.453. The van der Waals surface area contributed by atoms with Crippen LogP contribution in [0, 0.1) is 12.1 Å². The van der Waals surface area contributed by atoms with Crippen LogP contribution in [0.1, 0.15) is 0 Å². The van der Waals surface area contributed by atoms with Gasteiger partial charge in [-0.1, -0.05) is 0 Å². The molecule has 0 aliphatic carbocycles. The summed E-state index contributed by atoms with van der Waals surface area (Å²) in [5.74, 6) is -0.703. The van der Waals surface area contributed by atoms with Crippen LogP contribution in [0.2, 0.25) is 0 Å². The molecule has 106 valence electrons. The highest BCUT2D eigenvalue weighted by Gasteiger charge is 2.19. The molecule has 0 saturated heterocycles. The maximum Gasteiger partial charge on any atom is 0.295 e. The number of nitrogens with two attached hydrogens (primary N) is 1. The Balaban J connectivity index is 2.95. The Morgan fingerprint density at radius 3 is 1.85 bits per heavy atom. The maximum atomic E-state index is 11.0. The fourth-order valence-corrected chi connectivity index (χ4v) is 2.63. The largest absolute Gasteiger partial charge is 0.507 e. The average Bonchev–Trinajstić information content (AvgIpc) is 2.25. The minimum Gasteiger partial charge on any atom is -0.507 e. The number of phenols is 1. The van der Waals surface area contributed by atoms with Crippen LogP contribution in [0.5, 0.6) is 5.75 Å². The minimum absolute atomic E-state index is 0.107. The SMILES string of the molecule is Nc1[c]c(S(=O)(=O)O)cc2cc(S(=O)(=O)O)[c]c(O)c12. The lowest BCUT2D eigenvalue weighted by Gasteiger charge is -2.08. The molecule has 10 heteroatoms. The summed E-state index contributed by atoms with van der Waals surface area (Å²) in [6.45, 7) is 0. The lowest BCUT2D eigenvalue weighted by molar-refractivity contribution is 0.469. The van der Waals surface area contributed by atoms with E-state index in [1.165, 1.54) is 0 Å². The lowest BCUT2D eigenvalue weighted by atomic mass is 10.1. The number of phenolic OH excluding ortho intramolecular Hbond substituents is 1. The van der Waals surface area contributed by atoms with Gasteiger partial charge in [0.15, 0.2) is 0 Å². The second-order valence-corrected chi connectivity index (χ2v) is 6.59. The molecule has 0 amide bonds. The molecular weight excluding hydrogens is 310 g/mol. The van der Waals surface area contributed by atoms with E-state index in [0.29, 0.717) is 0 Å². The van der Waals surface area contributed by atoms with Crippen LogP contribution >= 0.6 is 0 Å². The third-order valence-electron chi connectivity index (χ3n) is 2.42. The molecule has 2 aromatic carbocycles. The molecule has 0 fully saturated rings. The van der Waals surface area contributed by atoms with Crippen molar-refractivity contribution < 1.29 is 31.0 Å². The third-order valence-corrected chi connectivity index (χ3v) is 3.97. The molecule has 0 aromatic heterocycles. The highest BCUT2D eigenvalue weighted by molar-refractivity contribution is 7.86. The summed E-state index contributed by atoms with van der Waals surface area (Å²) < 4.78 is 61.9. The van der Waals surface area contributed by atoms with Gasteiger partial charge in [0, 0.05) is 11.5 Å². The number of fused-ring (bicyclic) bond motifs is 1. The summed E-state index contributed by atoms with van der Waals surface area (Å²) in [7, 11) is -9.27. The minimum atomic E-state index is -4.66. The topological polar surface area (TPSA) is 155 Å². The van der Waals surface area contributed by atoms with E-state index in [0.717, 1.165) is 12.1 Å². The van der Waals surface area contributed by atoms with Gasteiger partial charge in [-0.15, -0.1) is 0 Å². The van der Waals surface area contributed by atoms with E-state index in [1.807, 2.05) is 6.07 Å². The highest BCUT2D eigenvalue weighted by Crippen LogP contribution is 2.34. The molecule has 0 saturated carbocycles. The number of hydrogen-bond donors (Lipinski definition) is 4. The molecule has 0 aliphatic rings. The van der Waals surface area contributed by atoms with Gasteiger partial charge in [0.2, 0.25) is 0 Å². The maximum absolute atomic E-state index is 11.0. The second-order valence-electron chi connectivity index (χ2n) is 3.81. The normalized spacial score (nSPS) is 12.7. The van der Waals surface area contributed by atoms with Crippen molar-refractivity contribution in [3.8, 4) is 5.75 Å². The molecule has 2 rings (SSSR count). The van der Waals surface area contributed by atoms with E-state index < -0.39 is 35.8 Å². The molecule has 0 heterocycles. The Kier molecular flexibility index (Phi) is 3.13. The van der Waals surface area contributed by atoms with Crippen molar-refractivity contribution >= 4 is 36.7 Å². The first kappa shape index (κ1) is 14.5. The standard InChI is InChI=1S/C10H7NO7S2/c11-8-3-6(19(13,14)15)1-5-2-7(20(16,17)18)4-9(12)10(5)8/h1-2,12H,11H2,(H,13,14,15)(H,16,17,18). The van der Waals surface area contributed by atoms with Crippen LogP contribution in [-0.4, -0.2) is 31.0 Å². The van der Waals surface area contributed by atoms with Crippen molar-refractivity contribution in [1.82, 2.24) is 0 Å². The first-order chi connectivity index (χ1) is 9.00. The first-order valence-corrected chi connectivity index (χ1v) is 7.74. The molecular formula is C10H7NO7S2. The summed E-state index contributed by atoms with van der Waals surface area (Å²) in [6, 6.07) is 5.83. The van der Waals surface area contributed by atoms with Gasteiger partial charge in [0.25, 0.3) is 20.2 Å². The van der Waals surface area contributed by atoms with Crippen LogP contribution in [-0.2, 0) is 20.2 Å². The zero-order valence-corrected chi connectivity index (χ0v) is 11.2. The molecule has 20 heavy (non-hydrogen) atoms. The van der Waals surface area contributed by atoms with Gasteiger partial charge in [0.05, 0.1) is 11.8 Å². The van der Waals surface area contributed by atoms with E-state index >= 15 is 0 Å². The number of anilines is 1. The summed E-state index contributed by atoms with van der Waals surface area (Å²) in [6.07, 6.45) is 0. The zero-order chi connectivity index (χ0) is 15.3. The Labute approximate surface area is 114 Å². The predicted molar refractivity (Wildman–Crippen MR) is 67.3 cm³/mol. The van der Waals surface area contributed by atoms with Gasteiger partial charge in [-0.25, -0.2) is 0 Å². The van der Waals surface area contributed by atoms with E-state index in [2.05, 4.69) is 6.07 Å². The van der Waals surface area contributed by atoms with E-state index in [1.54, 1.807) is 0 Å². The zero-order valence-electron chi connectivity index (χ0n) is 9.52. The number of aromatic hydroxyl groups is 1. The Hall–Kier alpha value is -1.88. The van der Waals surface area contributed by atoms with Crippen LogP contribution in [0.4, 0.5) is 5.69 Å². The van der Waals surface area contributed by atoms with Gasteiger partial charge < -0.3 is 10.8 Å². The number of rotatable bonds is 2. The van der Waals surface area contributed by atoms with Crippen LogP contribution in [0.15, 0.2) is 21.9 Å². The van der Waals surface area contributed by atoms with Gasteiger partial charge in [-0.3, -0.25) is 9.11 Å². The second kappa shape index (κ2) is 4.31. The van der Waals surface area contributed by atoms with Crippen molar-refractivity contribution in [2.45, 2.75) is 9.79 Å². The van der Waals surface area contributed by atoms with Crippen LogP contribution in [0.25, 0.3) is 10.8 Å². The summed E-state index contributed by atoms with van der Waals surface area (Å²) in [5, 5.41) is 9.41. The molecule has 0 aliphatic heterocycles. The molecule has 0 bridgehead atoms. The molecule has 0 atom stereocenters. The number of nitrogen functional groups attached to an aromatic ring is 1. The summed E-state index contributed by atoms with van der Waals surface area (Å²) in [4.78, 5) is -1.47. The van der Waals surface area contributed by atoms with Gasteiger partial charge >= 0.3 is 0 Å². The molecule has 2 aromatic rings. The lowest BCUT2D eigenvalue weighted by Crippen LogP contribution is -2.02. The Morgan fingerprint density at radius 2 is 1.40 bits per heavy atom. The third kappa shape index (κ3) is 2.54. The van der Waals surface area contributed by atoms with Crippen molar-refractivity contribution in [3.63, 3.8) is 0 Å². The number of benzene rings is 2. The van der Waals surface area contributed by atoms with E-state index in [4.69, 9.17) is 14.8 Å². The van der Waals surface area contributed by atoms with E-state index in [9.17, 15) is 21.9 Å². The monoisotopic (exact) mass is 317 g/mol. The highest BCUT2D eigenvalue weighted by atomic mass is 32.2. The van der Waals surface area contributed by atoms with Crippen LogP contribution in [0.3, 0.4) is 0 Å². The summed E-state index contributed by atoms with van der Waals surface area (Å²) >= 11 is 0. The first-order valence-electron chi connectivity index (χ1n) is 4.86. The molecule has 0 unspecified atom stereocenters. The summed E-state index contributed by atoms with van der Waals surface area (Å²) in [5.41, 5.74) is 5.16. The Bertz CT molecular complexity index is 844. The molecule has 8 nitrogen and oxygen atoms in total. The van der Waals surface area contributed by atoms with Crippen molar-refractivity contribution in [3.05, 3.63) is 24.3 Å². The van der Waals surface area contributed by atoms with Gasteiger partial charge in [0.1, 0.15) is 15.5 Å². The molecule has 5 N–H and O–H groups in total. The Morgan fingerprint density at radius 1 is 0.950 bits per heavy atom. The van der Waals surface area contributed by atoms with E-state index in [-0.39, 0.29) is 16.5 Å². The van der Waals surface area contributed by atoms with Gasteiger partial charge in [-0.05, 0) is 17.5 Å². The predicted octanol–water partition coefficient (Wildman–Crippen LogP) is 0.221. The average molecular weight is 317 g/mol. The smallest absolute Gasteiger partial charge is 0.295 e. The van der Waals surface area contributed by atoms with Crippen molar-refractivity contribution in [2.24, 2.45) is 0 Å². The molecule has 0 spiro atoms. The number of hydrogen-bond acceptors (Lipinski definition) is 6. The van der Waals surface area contributed by atoms with Crippen LogP contribution < -0.4 is 5.73 Å². The molecule has 2 radical (unpaired) electrons. The van der Waals surface area contributed by atoms with Crippen molar-refractivity contribution in [2.75, 3.05) is 5.73 Å².